The number of rotatable bonds is 5. The van der Waals surface area contributed by atoms with Gasteiger partial charge in [-0.2, -0.15) is 0 Å². The smallest absolute Gasteiger partial charge is 0.183 e. The van der Waals surface area contributed by atoms with Crippen molar-refractivity contribution in [2.24, 2.45) is 0 Å². The van der Waals surface area contributed by atoms with Crippen LogP contribution in [0, 0.1) is 0 Å². The van der Waals surface area contributed by atoms with Crippen LogP contribution in [0.3, 0.4) is 0 Å². The molecule has 0 unspecified atom stereocenters. The molecule has 0 saturated heterocycles. The highest BCUT2D eigenvalue weighted by Gasteiger charge is 2.15. The average molecular weight is 213 g/mol. The lowest BCUT2D eigenvalue weighted by Gasteiger charge is -2.23. The number of allylic oxidation sites excluding steroid dienone is 2. The fourth-order valence-corrected chi connectivity index (χ4v) is 2.34. The molecule has 0 N–H and O–H groups in total. The van der Waals surface area contributed by atoms with Gasteiger partial charge >= 0.3 is 0 Å². The molecule has 0 heterocycles. The topological polar surface area (TPSA) is 12.5 Å². The van der Waals surface area contributed by atoms with Crippen LogP contribution in [0.4, 0.5) is 0 Å². The maximum absolute atomic E-state index is 5.83. The Morgan fingerprint density at radius 1 is 1.43 bits per heavy atom. The van der Waals surface area contributed by atoms with Gasteiger partial charge in [0, 0.05) is 19.3 Å². The van der Waals surface area contributed by atoms with Crippen molar-refractivity contribution in [1.82, 2.24) is 4.90 Å². The zero-order valence-corrected chi connectivity index (χ0v) is 11.0. The van der Waals surface area contributed by atoms with E-state index in [1.54, 1.807) is 0 Å². The maximum atomic E-state index is 5.83. The van der Waals surface area contributed by atoms with Crippen LogP contribution in [-0.2, 0) is 4.43 Å². The molecule has 0 aliphatic heterocycles. The van der Waals surface area contributed by atoms with E-state index in [4.69, 9.17) is 4.43 Å². The van der Waals surface area contributed by atoms with Crippen molar-refractivity contribution in [3.05, 3.63) is 11.8 Å². The Kier molecular flexibility index (Phi) is 4.20. The second-order valence-corrected chi connectivity index (χ2v) is 9.48. The van der Waals surface area contributed by atoms with Gasteiger partial charge in [-0.25, -0.2) is 0 Å². The monoisotopic (exact) mass is 213 g/mol. The quantitative estimate of drug-likeness (QED) is 0.651. The van der Waals surface area contributed by atoms with Crippen LogP contribution in [0.25, 0.3) is 0 Å². The third-order valence-electron chi connectivity index (χ3n) is 2.47. The Balaban J connectivity index is 2.18. The Labute approximate surface area is 89.1 Å². The van der Waals surface area contributed by atoms with Gasteiger partial charge in [-0.15, -0.1) is 0 Å². The summed E-state index contributed by atoms with van der Waals surface area (Å²) in [5, 5.41) is 0. The molecule has 0 bridgehead atoms. The zero-order valence-electron chi connectivity index (χ0n) is 9.97. The number of likely N-dealkylation sites (N-methyl/N-ethyl adjacent to an activating group) is 1. The van der Waals surface area contributed by atoms with Gasteiger partial charge in [0.15, 0.2) is 8.32 Å². The van der Waals surface area contributed by atoms with Gasteiger partial charge in [0.2, 0.25) is 0 Å². The SMILES string of the molecule is CN(CCO[Si](C)(C)C)C1=CCCC1. The van der Waals surface area contributed by atoms with Crippen LogP contribution in [-0.4, -0.2) is 33.4 Å². The molecule has 0 saturated carbocycles. The number of hydrogen-bond donors (Lipinski definition) is 0. The summed E-state index contributed by atoms with van der Waals surface area (Å²) < 4.78 is 5.83. The normalized spacial score (nSPS) is 17.0. The Hall–Kier alpha value is -0.283. The molecule has 1 aliphatic carbocycles. The molecule has 14 heavy (non-hydrogen) atoms. The molecule has 0 fully saturated rings. The molecular formula is C11H23NOSi. The fraction of sp³-hybridized carbons (Fsp3) is 0.818. The van der Waals surface area contributed by atoms with Gasteiger partial charge in [0.1, 0.15) is 0 Å². The van der Waals surface area contributed by atoms with Crippen molar-refractivity contribution < 1.29 is 4.43 Å². The summed E-state index contributed by atoms with van der Waals surface area (Å²) in [5.41, 5.74) is 1.50. The minimum absolute atomic E-state index is 0.879. The van der Waals surface area contributed by atoms with E-state index in [9.17, 15) is 0 Å². The molecule has 3 heteroatoms. The van der Waals surface area contributed by atoms with E-state index >= 15 is 0 Å². The Bertz CT molecular complexity index is 208. The molecule has 1 rings (SSSR count). The van der Waals surface area contributed by atoms with Gasteiger partial charge < -0.3 is 9.33 Å². The molecular weight excluding hydrogens is 190 g/mol. The van der Waals surface area contributed by atoms with E-state index in [2.05, 4.69) is 37.7 Å². The minimum atomic E-state index is -1.31. The maximum Gasteiger partial charge on any atom is 0.183 e. The number of hydrogen-bond acceptors (Lipinski definition) is 2. The van der Waals surface area contributed by atoms with Gasteiger partial charge in [0.25, 0.3) is 0 Å². The molecule has 1 aliphatic rings. The highest BCUT2D eigenvalue weighted by Crippen LogP contribution is 2.19. The first-order chi connectivity index (χ1) is 6.49. The predicted octanol–water partition coefficient (Wildman–Crippen LogP) is 2.84. The zero-order chi connectivity index (χ0) is 10.6. The van der Waals surface area contributed by atoms with Crippen molar-refractivity contribution in [2.75, 3.05) is 20.2 Å². The van der Waals surface area contributed by atoms with E-state index < -0.39 is 8.32 Å². The van der Waals surface area contributed by atoms with E-state index in [1.807, 2.05) is 0 Å². The molecule has 0 aromatic heterocycles. The summed E-state index contributed by atoms with van der Waals surface area (Å²) in [5.74, 6) is 0. The van der Waals surface area contributed by atoms with Gasteiger partial charge in [-0.1, -0.05) is 6.08 Å². The average Bonchev–Trinajstić information content (AvgIpc) is 2.53. The highest BCUT2D eigenvalue weighted by atomic mass is 28.4. The molecule has 0 radical (unpaired) electrons. The first-order valence-electron chi connectivity index (χ1n) is 5.53. The van der Waals surface area contributed by atoms with Gasteiger partial charge in [-0.05, 0) is 38.9 Å². The van der Waals surface area contributed by atoms with Crippen LogP contribution in [0.2, 0.25) is 19.6 Å². The van der Waals surface area contributed by atoms with Crippen LogP contribution >= 0.6 is 0 Å². The van der Waals surface area contributed by atoms with Crippen LogP contribution in [0.5, 0.6) is 0 Å². The molecule has 0 aromatic rings. The van der Waals surface area contributed by atoms with Crippen LogP contribution in [0.15, 0.2) is 11.8 Å². The van der Waals surface area contributed by atoms with Crippen molar-refractivity contribution in [3.8, 4) is 0 Å². The van der Waals surface area contributed by atoms with Crippen LogP contribution in [0.1, 0.15) is 19.3 Å². The van der Waals surface area contributed by atoms with E-state index in [0.717, 1.165) is 13.2 Å². The molecule has 0 atom stereocenters. The summed E-state index contributed by atoms with van der Waals surface area (Å²) in [7, 11) is 0.862. The third-order valence-corrected chi connectivity index (χ3v) is 3.54. The first kappa shape index (κ1) is 11.8. The van der Waals surface area contributed by atoms with E-state index in [0.29, 0.717) is 0 Å². The lowest BCUT2D eigenvalue weighted by Crippen LogP contribution is -2.30. The highest BCUT2D eigenvalue weighted by molar-refractivity contribution is 6.69. The summed E-state index contributed by atoms with van der Waals surface area (Å²) in [6.45, 7) is 8.63. The van der Waals surface area contributed by atoms with Gasteiger partial charge in [-0.3, -0.25) is 0 Å². The fourth-order valence-electron chi connectivity index (χ4n) is 1.63. The standard InChI is InChI=1S/C11H23NOSi/c1-12(11-7-5-6-8-11)9-10-13-14(2,3)4/h7H,5-6,8-10H2,1-4H3. The molecule has 0 spiro atoms. The van der Waals surface area contributed by atoms with E-state index in [1.165, 1.54) is 25.0 Å². The summed E-state index contributed by atoms with van der Waals surface area (Å²) in [4.78, 5) is 2.34. The van der Waals surface area contributed by atoms with E-state index in [-0.39, 0.29) is 0 Å². The largest absolute Gasteiger partial charge is 0.416 e. The van der Waals surface area contributed by atoms with Crippen LogP contribution < -0.4 is 0 Å². The minimum Gasteiger partial charge on any atom is -0.416 e. The Morgan fingerprint density at radius 3 is 2.64 bits per heavy atom. The second kappa shape index (κ2) is 4.98. The third kappa shape index (κ3) is 4.29. The molecule has 2 nitrogen and oxygen atoms in total. The van der Waals surface area contributed by atoms with Gasteiger partial charge in [0.05, 0.1) is 6.61 Å². The second-order valence-electron chi connectivity index (χ2n) is 4.97. The van der Waals surface area contributed by atoms with Crippen molar-refractivity contribution in [1.29, 1.82) is 0 Å². The molecule has 82 valence electrons. The lowest BCUT2D eigenvalue weighted by atomic mass is 10.3. The summed E-state index contributed by atoms with van der Waals surface area (Å²) in [6.07, 6.45) is 6.20. The van der Waals surface area contributed by atoms with Crippen molar-refractivity contribution >= 4 is 8.32 Å². The molecule has 0 amide bonds. The first-order valence-corrected chi connectivity index (χ1v) is 8.94. The predicted molar refractivity (Wildman–Crippen MR) is 63.9 cm³/mol. The van der Waals surface area contributed by atoms with Crippen molar-refractivity contribution in [2.45, 2.75) is 38.9 Å². The summed E-state index contributed by atoms with van der Waals surface area (Å²) in [6, 6.07) is 0. The molecule has 0 aromatic carbocycles. The lowest BCUT2D eigenvalue weighted by molar-refractivity contribution is 0.257. The number of nitrogens with zero attached hydrogens (tertiary/aromatic N) is 1. The Morgan fingerprint density at radius 2 is 2.14 bits per heavy atom. The van der Waals surface area contributed by atoms with Crippen molar-refractivity contribution in [3.63, 3.8) is 0 Å². The summed E-state index contributed by atoms with van der Waals surface area (Å²) >= 11 is 0.